The number of halogens is 1. The molecule has 0 aliphatic heterocycles. The Labute approximate surface area is 99.0 Å². The molecule has 0 unspecified atom stereocenters. The molecule has 15 heavy (non-hydrogen) atoms. The second kappa shape index (κ2) is 4.50. The molecule has 2 rings (SSSR count). The molecule has 0 fully saturated rings. The molecule has 1 aromatic heterocycles. The number of hydrogen-bond acceptors (Lipinski definition) is 5. The van der Waals surface area contributed by atoms with Crippen molar-refractivity contribution in [2.75, 3.05) is 5.73 Å². The van der Waals surface area contributed by atoms with Crippen molar-refractivity contribution in [1.29, 1.82) is 0 Å². The number of benzene rings is 1. The molecular weight excluding hydrogens is 276 g/mol. The standard InChI is InChI=1S/C9H7BrN4S/c10-6-2-1-3-7(4-6)13-14-8-5-12-9(11)15-8/h1-5H,(H2,11,12). The Morgan fingerprint density at radius 1 is 1.33 bits per heavy atom. The molecule has 0 bridgehead atoms. The van der Waals surface area contributed by atoms with Gasteiger partial charge < -0.3 is 5.73 Å². The maximum atomic E-state index is 5.47. The van der Waals surface area contributed by atoms with Gasteiger partial charge in [-0.25, -0.2) is 4.98 Å². The van der Waals surface area contributed by atoms with Crippen LogP contribution in [0.25, 0.3) is 0 Å². The van der Waals surface area contributed by atoms with Gasteiger partial charge in [0.2, 0.25) is 0 Å². The van der Waals surface area contributed by atoms with Gasteiger partial charge in [0.25, 0.3) is 0 Å². The highest BCUT2D eigenvalue weighted by atomic mass is 79.9. The summed E-state index contributed by atoms with van der Waals surface area (Å²) in [5.41, 5.74) is 6.26. The van der Waals surface area contributed by atoms with Crippen molar-refractivity contribution in [3.8, 4) is 0 Å². The largest absolute Gasteiger partial charge is 0.375 e. The van der Waals surface area contributed by atoms with Crippen molar-refractivity contribution < 1.29 is 0 Å². The highest BCUT2D eigenvalue weighted by Gasteiger charge is 1.96. The van der Waals surface area contributed by atoms with Gasteiger partial charge in [-0.15, -0.1) is 10.2 Å². The maximum Gasteiger partial charge on any atom is 0.182 e. The second-order valence-corrected chi connectivity index (χ2v) is 4.67. The molecule has 6 heteroatoms. The average molecular weight is 283 g/mol. The van der Waals surface area contributed by atoms with Crippen LogP contribution < -0.4 is 5.73 Å². The highest BCUT2D eigenvalue weighted by molar-refractivity contribution is 9.10. The lowest BCUT2D eigenvalue weighted by Gasteiger charge is -1.91. The summed E-state index contributed by atoms with van der Waals surface area (Å²) in [6, 6.07) is 7.59. The fourth-order valence-electron chi connectivity index (χ4n) is 0.970. The Morgan fingerprint density at radius 2 is 2.20 bits per heavy atom. The van der Waals surface area contributed by atoms with Gasteiger partial charge in [-0.1, -0.05) is 33.3 Å². The minimum absolute atomic E-state index is 0.498. The Kier molecular flexibility index (Phi) is 3.08. The van der Waals surface area contributed by atoms with E-state index in [1.807, 2.05) is 24.3 Å². The zero-order valence-electron chi connectivity index (χ0n) is 7.59. The lowest BCUT2D eigenvalue weighted by Crippen LogP contribution is -1.77. The third-order valence-electron chi connectivity index (χ3n) is 1.58. The summed E-state index contributed by atoms with van der Waals surface area (Å²) in [7, 11) is 0. The predicted molar refractivity (Wildman–Crippen MR) is 64.8 cm³/mol. The van der Waals surface area contributed by atoms with Crippen molar-refractivity contribution in [1.82, 2.24) is 4.98 Å². The molecule has 2 N–H and O–H groups in total. The molecule has 2 aromatic rings. The van der Waals surface area contributed by atoms with Crippen molar-refractivity contribution in [3.63, 3.8) is 0 Å². The Hall–Kier alpha value is -1.27. The van der Waals surface area contributed by atoms with Crippen molar-refractivity contribution in [3.05, 3.63) is 34.9 Å². The van der Waals surface area contributed by atoms with Crippen molar-refractivity contribution in [2.24, 2.45) is 10.2 Å². The predicted octanol–water partition coefficient (Wildman–Crippen LogP) is 3.90. The van der Waals surface area contributed by atoms with E-state index in [9.17, 15) is 0 Å². The summed E-state index contributed by atoms with van der Waals surface area (Å²) < 4.78 is 0.975. The number of rotatable bonds is 2. The fourth-order valence-corrected chi connectivity index (χ4v) is 1.86. The normalized spacial score (nSPS) is 11.0. The van der Waals surface area contributed by atoms with Crippen LogP contribution in [0.4, 0.5) is 15.8 Å². The zero-order valence-corrected chi connectivity index (χ0v) is 9.99. The van der Waals surface area contributed by atoms with Crippen LogP contribution in [0.1, 0.15) is 0 Å². The highest BCUT2D eigenvalue weighted by Crippen LogP contribution is 2.26. The number of aromatic nitrogens is 1. The quantitative estimate of drug-likeness (QED) is 0.849. The van der Waals surface area contributed by atoms with Gasteiger partial charge in [-0.2, -0.15) is 0 Å². The number of azo groups is 1. The zero-order chi connectivity index (χ0) is 10.7. The number of anilines is 1. The number of nitrogens with zero attached hydrogens (tertiary/aromatic N) is 3. The SMILES string of the molecule is Nc1ncc(N=Nc2cccc(Br)c2)s1. The first-order chi connectivity index (χ1) is 7.24. The van der Waals surface area contributed by atoms with Crippen LogP contribution in [-0.4, -0.2) is 4.98 Å². The molecule has 4 nitrogen and oxygen atoms in total. The van der Waals surface area contributed by atoms with E-state index < -0.39 is 0 Å². The summed E-state index contributed by atoms with van der Waals surface area (Å²) in [5.74, 6) is 0. The first-order valence-corrected chi connectivity index (χ1v) is 5.73. The number of hydrogen-bond donors (Lipinski definition) is 1. The third-order valence-corrected chi connectivity index (χ3v) is 2.79. The first-order valence-electron chi connectivity index (χ1n) is 4.12. The molecule has 0 radical (unpaired) electrons. The van der Waals surface area contributed by atoms with E-state index >= 15 is 0 Å². The van der Waals surface area contributed by atoms with Crippen LogP contribution in [0.2, 0.25) is 0 Å². The van der Waals surface area contributed by atoms with Gasteiger partial charge in [-0.05, 0) is 18.2 Å². The van der Waals surface area contributed by atoms with E-state index in [-0.39, 0.29) is 0 Å². The van der Waals surface area contributed by atoms with E-state index in [4.69, 9.17) is 5.73 Å². The summed E-state index contributed by atoms with van der Waals surface area (Å²) in [6.45, 7) is 0. The molecule has 0 aliphatic rings. The number of nitrogen functional groups attached to an aromatic ring is 1. The fraction of sp³-hybridized carbons (Fsp3) is 0. The summed E-state index contributed by atoms with van der Waals surface area (Å²) in [4.78, 5) is 3.88. The van der Waals surface area contributed by atoms with Crippen LogP contribution >= 0.6 is 27.3 Å². The van der Waals surface area contributed by atoms with Gasteiger partial charge in [0.1, 0.15) is 0 Å². The molecule has 0 saturated heterocycles. The van der Waals surface area contributed by atoms with Crippen molar-refractivity contribution in [2.45, 2.75) is 0 Å². The minimum atomic E-state index is 0.498. The van der Waals surface area contributed by atoms with E-state index in [1.165, 1.54) is 11.3 Å². The maximum absolute atomic E-state index is 5.47. The lowest BCUT2D eigenvalue weighted by molar-refractivity contribution is 1.24. The van der Waals surface area contributed by atoms with Crippen LogP contribution in [0.5, 0.6) is 0 Å². The smallest absolute Gasteiger partial charge is 0.182 e. The number of thiazole rings is 1. The molecule has 0 saturated carbocycles. The van der Waals surface area contributed by atoms with E-state index in [1.54, 1.807) is 6.20 Å². The molecule has 76 valence electrons. The van der Waals surface area contributed by atoms with E-state index in [0.29, 0.717) is 10.1 Å². The minimum Gasteiger partial charge on any atom is -0.375 e. The first kappa shape index (κ1) is 10.3. The van der Waals surface area contributed by atoms with E-state index in [2.05, 4.69) is 31.1 Å². The molecule has 1 aromatic carbocycles. The van der Waals surface area contributed by atoms with Crippen LogP contribution in [0, 0.1) is 0 Å². The molecule has 0 amide bonds. The molecule has 0 spiro atoms. The van der Waals surface area contributed by atoms with Crippen LogP contribution in [0.15, 0.2) is 45.2 Å². The molecule has 0 aliphatic carbocycles. The molecular formula is C9H7BrN4S. The average Bonchev–Trinajstić information content (AvgIpc) is 2.62. The molecule has 0 atom stereocenters. The van der Waals surface area contributed by atoms with E-state index in [0.717, 1.165) is 10.2 Å². The Bertz CT molecular complexity index is 494. The van der Waals surface area contributed by atoms with Gasteiger partial charge in [-0.3, -0.25) is 0 Å². The second-order valence-electron chi connectivity index (χ2n) is 2.72. The van der Waals surface area contributed by atoms with Gasteiger partial charge in [0, 0.05) is 4.47 Å². The lowest BCUT2D eigenvalue weighted by atomic mass is 10.3. The Balaban J connectivity index is 2.18. The summed E-state index contributed by atoms with van der Waals surface area (Å²) in [6.07, 6.45) is 1.60. The number of nitrogens with two attached hydrogens (primary N) is 1. The van der Waals surface area contributed by atoms with Crippen molar-refractivity contribution >= 4 is 43.1 Å². The molecule has 1 heterocycles. The topological polar surface area (TPSA) is 63.6 Å². The van der Waals surface area contributed by atoms with Gasteiger partial charge >= 0.3 is 0 Å². The van der Waals surface area contributed by atoms with Gasteiger partial charge in [0.15, 0.2) is 10.1 Å². The monoisotopic (exact) mass is 282 g/mol. The van der Waals surface area contributed by atoms with Crippen LogP contribution in [0.3, 0.4) is 0 Å². The summed E-state index contributed by atoms with van der Waals surface area (Å²) >= 11 is 4.67. The van der Waals surface area contributed by atoms with Crippen LogP contribution in [-0.2, 0) is 0 Å². The van der Waals surface area contributed by atoms with Gasteiger partial charge in [0.05, 0.1) is 11.9 Å². The Morgan fingerprint density at radius 3 is 2.87 bits per heavy atom. The third kappa shape index (κ3) is 2.84. The summed E-state index contributed by atoms with van der Waals surface area (Å²) in [5, 5.41) is 9.28.